The van der Waals surface area contributed by atoms with Crippen LogP contribution in [0.1, 0.15) is 18.4 Å². The third-order valence-corrected chi connectivity index (χ3v) is 4.57. The predicted octanol–water partition coefficient (Wildman–Crippen LogP) is 5.20. The molecule has 5 heteroatoms. The summed E-state index contributed by atoms with van der Waals surface area (Å²) in [6.45, 7) is 3.90. The fraction of sp³-hybridized carbons (Fsp3) is 0.167. The van der Waals surface area contributed by atoms with Crippen molar-refractivity contribution in [2.45, 2.75) is 25.4 Å². The highest BCUT2D eigenvalue weighted by molar-refractivity contribution is 5.88. The van der Waals surface area contributed by atoms with Gasteiger partial charge in [-0.3, -0.25) is 4.98 Å². The zero-order valence-corrected chi connectivity index (χ0v) is 16.3. The Hall–Kier alpha value is -3.60. The third kappa shape index (κ3) is 6.21. The number of nitrogens with one attached hydrogen (secondary N) is 1. The van der Waals surface area contributed by atoms with Crippen LogP contribution in [0.25, 0.3) is 11.1 Å². The lowest BCUT2D eigenvalue weighted by atomic mass is 10.1. The van der Waals surface area contributed by atoms with E-state index in [4.69, 9.17) is 10.5 Å². The molecule has 0 radical (unpaired) electrons. The zero-order chi connectivity index (χ0) is 20.5. The lowest BCUT2D eigenvalue weighted by Gasteiger charge is -2.16. The number of benzene rings is 2. The highest BCUT2D eigenvalue weighted by atomic mass is 16.5. The number of nitrogens with two attached hydrogens (primary N) is 1. The van der Waals surface area contributed by atoms with Gasteiger partial charge in [0.1, 0.15) is 11.9 Å². The lowest BCUT2D eigenvalue weighted by molar-refractivity contribution is 0.235. The molecule has 29 heavy (non-hydrogen) atoms. The van der Waals surface area contributed by atoms with Crippen molar-refractivity contribution in [2.24, 2.45) is 5.73 Å². The number of rotatable bonds is 9. The van der Waals surface area contributed by atoms with Crippen molar-refractivity contribution in [1.29, 1.82) is 0 Å². The number of primary amides is 1. The van der Waals surface area contributed by atoms with Gasteiger partial charge in [0.15, 0.2) is 0 Å². The molecule has 1 aromatic heterocycles. The summed E-state index contributed by atoms with van der Waals surface area (Å²) in [7, 11) is 0. The topological polar surface area (TPSA) is 77.2 Å². The van der Waals surface area contributed by atoms with Crippen LogP contribution < -0.4 is 15.8 Å². The third-order valence-electron chi connectivity index (χ3n) is 4.57. The summed E-state index contributed by atoms with van der Waals surface area (Å²) in [5.41, 5.74) is 9.14. The summed E-state index contributed by atoms with van der Waals surface area (Å²) in [5.74, 6) is 0.812. The summed E-state index contributed by atoms with van der Waals surface area (Å²) >= 11 is 0. The smallest absolute Gasteiger partial charge is 0.316 e. The molecule has 0 fully saturated rings. The first kappa shape index (κ1) is 20.1. The molecule has 0 aliphatic carbocycles. The molecule has 1 heterocycles. The number of pyridine rings is 1. The fourth-order valence-corrected chi connectivity index (χ4v) is 3.07. The van der Waals surface area contributed by atoms with Crippen LogP contribution in [0.15, 0.2) is 85.7 Å². The van der Waals surface area contributed by atoms with Gasteiger partial charge in [0, 0.05) is 18.1 Å². The second kappa shape index (κ2) is 10.1. The molecular weight excluding hydrogens is 362 g/mol. The van der Waals surface area contributed by atoms with E-state index in [1.807, 2.05) is 66.9 Å². The van der Waals surface area contributed by atoms with Gasteiger partial charge in [-0.15, -0.1) is 0 Å². The number of aryl methyl sites for hydroxylation is 1. The normalized spacial score (nSPS) is 11.4. The minimum atomic E-state index is -0.573. The first-order chi connectivity index (χ1) is 14.1. The van der Waals surface area contributed by atoms with E-state index in [1.165, 1.54) is 5.56 Å². The van der Waals surface area contributed by atoms with Gasteiger partial charge in [-0.1, -0.05) is 43.0 Å². The summed E-state index contributed by atoms with van der Waals surface area (Å²) in [4.78, 5) is 15.0. The van der Waals surface area contributed by atoms with Gasteiger partial charge in [0.25, 0.3) is 0 Å². The number of carbonyl (C=O) groups excluding carboxylic acids is 1. The number of hydrogen-bond donors (Lipinski definition) is 2. The average molecular weight is 387 g/mol. The molecule has 1 atom stereocenters. The minimum absolute atomic E-state index is 0.0309. The van der Waals surface area contributed by atoms with Crippen molar-refractivity contribution in [3.05, 3.63) is 91.3 Å². The number of anilines is 1. The van der Waals surface area contributed by atoms with Crippen molar-refractivity contribution in [2.75, 3.05) is 5.32 Å². The summed E-state index contributed by atoms with van der Waals surface area (Å²) in [5, 5.41) is 2.55. The largest absolute Gasteiger partial charge is 0.486 e. The Labute approximate surface area is 171 Å². The molecule has 0 spiro atoms. The highest BCUT2D eigenvalue weighted by Gasteiger charge is 2.07. The molecule has 0 saturated carbocycles. The van der Waals surface area contributed by atoms with E-state index >= 15 is 0 Å². The van der Waals surface area contributed by atoms with E-state index in [-0.39, 0.29) is 6.10 Å². The molecule has 3 aromatic rings. The van der Waals surface area contributed by atoms with Crippen LogP contribution in [-0.4, -0.2) is 17.1 Å². The summed E-state index contributed by atoms with van der Waals surface area (Å²) in [6, 6.07) is 18.9. The number of ether oxygens (including phenoxy) is 1. The molecule has 0 aliphatic rings. The van der Waals surface area contributed by atoms with Crippen LogP contribution in [0.2, 0.25) is 0 Å². The second-order valence-electron chi connectivity index (χ2n) is 6.74. The Morgan fingerprint density at radius 3 is 2.38 bits per heavy atom. The monoisotopic (exact) mass is 387 g/mol. The van der Waals surface area contributed by atoms with E-state index < -0.39 is 6.03 Å². The lowest BCUT2D eigenvalue weighted by Crippen LogP contribution is -2.19. The first-order valence-electron chi connectivity index (χ1n) is 9.59. The van der Waals surface area contributed by atoms with Crippen LogP contribution in [0.3, 0.4) is 0 Å². The maximum atomic E-state index is 10.9. The van der Waals surface area contributed by atoms with Gasteiger partial charge in [0.2, 0.25) is 0 Å². The number of nitrogens with zero attached hydrogens (tertiary/aromatic N) is 1. The van der Waals surface area contributed by atoms with Crippen molar-refractivity contribution in [3.8, 4) is 16.9 Å². The van der Waals surface area contributed by atoms with E-state index in [0.717, 1.165) is 36.1 Å². The Morgan fingerprint density at radius 2 is 1.79 bits per heavy atom. The van der Waals surface area contributed by atoms with E-state index in [9.17, 15) is 4.79 Å². The molecule has 5 nitrogen and oxygen atoms in total. The second-order valence-corrected chi connectivity index (χ2v) is 6.74. The SMILES string of the molecule is C=C[C@@H](CCCc1cccnc1)Oc1ccc(-c2ccc(NC(N)=O)cc2)cc1. The summed E-state index contributed by atoms with van der Waals surface area (Å²) < 4.78 is 6.06. The van der Waals surface area contributed by atoms with E-state index in [0.29, 0.717) is 5.69 Å². The fourth-order valence-electron chi connectivity index (χ4n) is 3.07. The summed E-state index contributed by atoms with van der Waals surface area (Å²) in [6.07, 6.45) is 8.38. The van der Waals surface area contributed by atoms with Crippen molar-refractivity contribution in [1.82, 2.24) is 4.98 Å². The Balaban J connectivity index is 1.54. The van der Waals surface area contributed by atoms with Crippen molar-refractivity contribution >= 4 is 11.7 Å². The molecule has 2 amide bonds. The molecule has 0 saturated heterocycles. The van der Waals surface area contributed by atoms with Crippen LogP contribution in [0.5, 0.6) is 5.75 Å². The van der Waals surface area contributed by atoms with Crippen molar-refractivity contribution in [3.63, 3.8) is 0 Å². The van der Waals surface area contributed by atoms with Gasteiger partial charge in [-0.2, -0.15) is 0 Å². The van der Waals surface area contributed by atoms with Crippen LogP contribution in [0.4, 0.5) is 10.5 Å². The first-order valence-corrected chi connectivity index (χ1v) is 9.59. The highest BCUT2D eigenvalue weighted by Crippen LogP contribution is 2.25. The Morgan fingerprint density at radius 1 is 1.10 bits per heavy atom. The van der Waals surface area contributed by atoms with Gasteiger partial charge in [0.05, 0.1) is 0 Å². The van der Waals surface area contributed by atoms with Gasteiger partial charge in [-0.05, 0) is 66.3 Å². The number of hydrogen-bond acceptors (Lipinski definition) is 3. The number of aromatic nitrogens is 1. The number of amides is 2. The molecule has 148 valence electrons. The predicted molar refractivity (Wildman–Crippen MR) is 117 cm³/mol. The van der Waals surface area contributed by atoms with Gasteiger partial charge >= 0.3 is 6.03 Å². The average Bonchev–Trinajstić information content (AvgIpc) is 2.74. The molecule has 3 N–H and O–H groups in total. The van der Waals surface area contributed by atoms with Gasteiger partial charge in [-0.25, -0.2) is 4.79 Å². The van der Waals surface area contributed by atoms with Crippen LogP contribution >= 0.6 is 0 Å². The minimum Gasteiger partial charge on any atom is -0.486 e. The molecule has 0 unspecified atom stereocenters. The maximum absolute atomic E-state index is 10.9. The molecule has 0 bridgehead atoms. The van der Waals surface area contributed by atoms with Crippen LogP contribution in [0, 0.1) is 0 Å². The maximum Gasteiger partial charge on any atom is 0.316 e. The van der Waals surface area contributed by atoms with E-state index in [2.05, 4.69) is 22.9 Å². The van der Waals surface area contributed by atoms with Gasteiger partial charge < -0.3 is 15.8 Å². The number of urea groups is 1. The Kier molecular flexibility index (Phi) is 7.00. The number of carbonyl (C=O) groups is 1. The Bertz CT molecular complexity index is 923. The van der Waals surface area contributed by atoms with E-state index in [1.54, 1.807) is 6.20 Å². The standard InChI is InChI=1S/C24H25N3O2/c1-2-22(7-3-5-18-6-4-16-26-17-18)29-23-14-10-20(11-15-23)19-8-12-21(13-9-19)27-24(25)28/h2,4,6,8-17,22H,1,3,5,7H2,(H3,25,27,28)/t22-/m0/s1. The molecular formula is C24H25N3O2. The van der Waals surface area contributed by atoms with Crippen LogP contribution in [-0.2, 0) is 6.42 Å². The quantitative estimate of drug-likeness (QED) is 0.496. The zero-order valence-electron chi connectivity index (χ0n) is 16.3. The molecule has 2 aromatic carbocycles. The molecule has 0 aliphatic heterocycles. The van der Waals surface area contributed by atoms with Crippen molar-refractivity contribution < 1.29 is 9.53 Å². The molecule has 3 rings (SSSR count).